The van der Waals surface area contributed by atoms with Gasteiger partial charge in [-0.05, 0) is 23.6 Å². The summed E-state index contributed by atoms with van der Waals surface area (Å²) in [5, 5.41) is 9.27. The van der Waals surface area contributed by atoms with Gasteiger partial charge in [0.25, 0.3) is 0 Å². The maximum atomic E-state index is 9.27. The van der Waals surface area contributed by atoms with E-state index in [-0.39, 0.29) is 0 Å². The van der Waals surface area contributed by atoms with Crippen LogP contribution in [0.2, 0.25) is 0 Å². The number of aliphatic hydroxyl groups is 1. The van der Waals surface area contributed by atoms with Gasteiger partial charge >= 0.3 is 0 Å². The molecule has 1 heteroatoms. The SMILES string of the molecule is C=CC(=C)c1ccc([C@H](C)O)cc1. The number of rotatable bonds is 3. The third-order valence-electron chi connectivity index (χ3n) is 2.01. The van der Waals surface area contributed by atoms with E-state index in [1.165, 1.54) is 0 Å². The molecule has 1 N–H and O–H groups in total. The van der Waals surface area contributed by atoms with Crippen molar-refractivity contribution in [3.05, 3.63) is 54.6 Å². The molecule has 0 aliphatic rings. The summed E-state index contributed by atoms with van der Waals surface area (Å²) in [6.07, 6.45) is 1.31. The van der Waals surface area contributed by atoms with E-state index in [1.807, 2.05) is 24.3 Å². The standard InChI is InChI=1S/C12H14O/c1-4-9(2)11-5-7-12(8-6-11)10(3)13/h4-8,10,13H,1-2H2,3H3/t10-/m0/s1. The van der Waals surface area contributed by atoms with Crippen molar-refractivity contribution in [3.63, 3.8) is 0 Å². The summed E-state index contributed by atoms with van der Waals surface area (Å²) in [7, 11) is 0. The summed E-state index contributed by atoms with van der Waals surface area (Å²) in [5.74, 6) is 0. The Labute approximate surface area is 79.0 Å². The first-order chi connectivity index (χ1) is 6.15. The monoisotopic (exact) mass is 174 g/mol. The first kappa shape index (κ1) is 9.75. The van der Waals surface area contributed by atoms with E-state index in [0.717, 1.165) is 16.7 Å². The van der Waals surface area contributed by atoms with Gasteiger partial charge in [-0.1, -0.05) is 43.5 Å². The number of aliphatic hydroxyl groups excluding tert-OH is 1. The van der Waals surface area contributed by atoms with E-state index in [9.17, 15) is 5.11 Å². The Morgan fingerprint density at radius 2 is 1.92 bits per heavy atom. The molecular formula is C12H14O. The lowest BCUT2D eigenvalue weighted by Crippen LogP contribution is -1.90. The quantitative estimate of drug-likeness (QED) is 0.698. The predicted molar refractivity (Wildman–Crippen MR) is 56.3 cm³/mol. The predicted octanol–water partition coefficient (Wildman–Crippen LogP) is 2.94. The Morgan fingerprint density at radius 3 is 2.31 bits per heavy atom. The molecule has 0 saturated carbocycles. The van der Waals surface area contributed by atoms with E-state index < -0.39 is 6.10 Å². The Balaban J connectivity index is 2.93. The van der Waals surface area contributed by atoms with E-state index >= 15 is 0 Å². The second-order valence-corrected chi connectivity index (χ2v) is 3.03. The van der Waals surface area contributed by atoms with Gasteiger partial charge in [0.1, 0.15) is 0 Å². The summed E-state index contributed by atoms with van der Waals surface area (Å²) in [6, 6.07) is 7.67. The second kappa shape index (κ2) is 4.06. The maximum Gasteiger partial charge on any atom is 0.0761 e. The normalized spacial score (nSPS) is 12.2. The molecule has 0 radical (unpaired) electrons. The van der Waals surface area contributed by atoms with Crippen LogP contribution in [-0.2, 0) is 0 Å². The molecule has 0 spiro atoms. The fourth-order valence-electron chi connectivity index (χ4n) is 1.09. The first-order valence-electron chi connectivity index (χ1n) is 4.25. The highest BCUT2D eigenvalue weighted by Crippen LogP contribution is 2.17. The van der Waals surface area contributed by atoms with Crippen LogP contribution in [0, 0.1) is 0 Å². The molecule has 1 rings (SSSR count). The van der Waals surface area contributed by atoms with Crippen LogP contribution in [0.5, 0.6) is 0 Å². The van der Waals surface area contributed by atoms with Gasteiger partial charge in [-0.3, -0.25) is 0 Å². The van der Waals surface area contributed by atoms with E-state index in [4.69, 9.17) is 0 Å². The Hall–Kier alpha value is -1.34. The number of hydrogen-bond donors (Lipinski definition) is 1. The zero-order chi connectivity index (χ0) is 9.84. The van der Waals surface area contributed by atoms with Crippen molar-refractivity contribution in [2.24, 2.45) is 0 Å². The molecule has 1 aromatic rings. The fourth-order valence-corrected chi connectivity index (χ4v) is 1.09. The molecule has 0 aliphatic carbocycles. The molecule has 68 valence electrons. The number of allylic oxidation sites excluding steroid dienone is 2. The van der Waals surface area contributed by atoms with Gasteiger partial charge in [0, 0.05) is 0 Å². The molecule has 0 unspecified atom stereocenters. The van der Waals surface area contributed by atoms with Crippen molar-refractivity contribution < 1.29 is 5.11 Å². The molecule has 0 aromatic heterocycles. The van der Waals surface area contributed by atoms with Gasteiger partial charge in [0.2, 0.25) is 0 Å². The summed E-state index contributed by atoms with van der Waals surface area (Å²) in [5.41, 5.74) is 2.86. The Kier molecular flexibility index (Phi) is 3.04. The van der Waals surface area contributed by atoms with Crippen LogP contribution in [0.4, 0.5) is 0 Å². The molecule has 0 saturated heterocycles. The van der Waals surface area contributed by atoms with Crippen LogP contribution >= 0.6 is 0 Å². The summed E-state index contributed by atoms with van der Waals surface area (Å²) in [4.78, 5) is 0. The van der Waals surface area contributed by atoms with Crippen molar-refractivity contribution >= 4 is 5.57 Å². The molecule has 1 atom stereocenters. The second-order valence-electron chi connectivity index (χ2n) is 3.03. The van der Waals surface area contributed by atoms with Crippen LogP contribution in [-0.4, -0.2) is 5.11 Å². The molecule has 1 aromatic carbocycles. The van der Waals surface area contributed by atoms with Gasteiger partial charge in [-0.25, -0.2) is 0 Å². The molecule has 13 heavy (non-hydrogen) atoms. The first-order valence-corrected chi connectivity index (χ1v) is 4.25. The van der Waals surface area contributed by atoms with Crippen molar-refractivity contribution in [2.75, 3.05) is 0 Å². The Morgan fingerprint density at radius 1 is 1.38 bits per heavy atom. The lowest BCUT2D eigenvalue weighted by atomic mass is 10.0. The molecular weight excluding hydrogens is 160 g/mol. The number of benzene rings is 1. The largest absolute Gasteiger partial charge is 0.389 e. The lowest BCUT2D eigenvalue weighted by molar-refractivity contribution is 0.199. The third-order valence-corrected chi connectivity index (χ3v) is 2.01. The minimum Gasteiger partial charge on any atom is -0.389 e. The lowest BCUT2D eigenvalue weighted by Gasteiger charge is -2.05. The van der Waals surface area contributed by atoms with Gasteiger partial charge in [0.15, 0.2) is 0 Å². The smallest absolute Gasteiger partial charge is 0.0761 e. The highest BCUT2D eigenvalue weighted by Gasteiger charge is 2.00. The third kappa shape index (κ3) is 2.30. The zero-order valence-corrected chi connectivity index (χ0v) is 7.83. The summed E-state index contributed by atoms with van der Waals surface area (Å²) < 4.78 is 0. The zero-order valence-electron chi connectivity index (χ0n) is 7.83. The number of hydrogen-bond acceptors (Lipinski definition) is 1. The highest BCUT2D eigenvalue weighted by atomic mass is 16.3. The molecule has 0 bridgehead atoms. The van der Waals surface area contributed by atoms with Gasteiger partial charge < -0.3 is 5.11 Å². The van der Waals surface area contributed by atoms with Crippen molar-refractivity contribution in [1.29, 1.82) is 0 Å². The molecule has 1 nitrogen and oxygen atoms in total. The highest BCUT2D eigenvalue weighted by molar-refractivity contribution is 5.71. The van der Waals surface area contributed by atoms with Crippen LogP contribution in [0.25, 0.3) is 5.57 Å². The Bertz CT molecular complexity index is 306. The van der Waals surface area contributed by atoms with E-state index in [1.54, 1.807) is 13.0 Å². The van der Waals surface area contributed by atoms with Crippen molar-refractivity contribution in [3.8, 4) is 0 Å². The minimum atomic E-state index is -0.411. The van der Waals surface area contributed by atoms with Crippen LogP contribution in [0.3, 0.4) is 0 Å². The summed E-state index contributed by atoms with van der Waals surface area (Å²) in [6.45, 7) is 9.23. The van der Waals surface area contributed by atoms with Crippen LogP contribution < -0.4 is 0 Å². The average Bonchev–Trinajstić information content (AvgIpc) is 2.17. The molecule has 0 heterocycles. The topological polar surface area (TPSA) is 20.2 Å². The van der Waals surface area contributed by atoms with Gasteiger partial charge in [0.05, 0.1) is 6.10 Å². The van der Waals surface area contributed by atoms with E-state index in [2.05, 4.69) is 13.2 Å². The van der Waals surface area contributed by atoms with E-state index in [0.29, 0.717) is 0 Å². The molecule has 0 fully saturated rings. The average molecular weight is 174 g/mol. The van der Waals surface area contributed by atoms with Crippen molar-refractivity contribution in [2.45, 2.75) is 13.0 Å². The maximum absolute atomic E-state index is 9.27. The van der Waals surface area contributed by atoms with Crippen LogP contribution in [0.1, 0.15) is 24.2 Å². The fraction of sp³-hybridized carbons (Fsp3) is 0.167. The molecule has 0 amide bonds. The van der Waals surface area contributed by atoms with Crippen molar-refractivity contribution in [1.82, 2.24) is 0 Å². The van der Waals surface area contributed by atoms with Crippen LogP contribution in [0.15, 0.2) is 43.5 Å². The van der Waals surface area contributed by atoms with Gasteiger partial charge in [-0.15, -0.1) is 0 Å². The van der Waals surface area contributed by atoms with Gasteiger partial charge in [-0.2, -0.15) is 0 Å². The minimum absolute atomic E-state index is 0.411. The summed E-state index contributed by atoms with van der Waals surface area (Å²) >= 11 is 0. The molecule has 0 aliphatic heterocycles.